The highest BCUT2D eigenvalue weighted by atomic mass is 79.9. The number of rotatable bonds is 5. The third kappa shape index (κ3) is 4.16. The van der Waals surface area contributed by atoms with E-state index in [1.54, 1.807) is 36.4 Å². The Hall–Kier alpha value is -1.70. The molecule has 2 aromatic rings. The van der Waals surface area contributed by atoms with E-state index in [1.165, 1.54) is 19.1 Å². The maximum atomic E-state index is 12.2. The fourth-order valence-electron chi connectivity index (χ4n) is 1.76. The van der Waals surface area contributed by atoms with E-state index in [4.69, 9.17) is 0 Å². The van der Waals surface area contributed by atoms with Crippen molar-refractivity contribution in [3.63, 3.8) is 0 Å². The summed E-state index contributed by atoms with van der Waals surface area (Å²) < 4.78 is 27.4. The maximum absolute atomic E-state index is 12.2. The summed E-state index contributed by atoms with van der Waals surface area (Å²) in [7, 11) is -3.73. The molecule has 0 aliphatic heterocycles. The number of nitrogens with one attached hydrogen (secondary N) is 2. The summed E-state index contributed by atoms with van der Waals surface area (Å²) in [6, 6.07) is 14.1. The van der Waals surface area contributed by atoms with Gasteiger partial charge in [-0.25, -0.2) is 8.42 Å². The highest BCUT2D eigenvalue weighted by molar-refractivity contribution is 9.10. The van der Waals surface area contributed by atoms with E-state index in [-0.39, 0.29) is 4.90 Å². The van der Waals surface area contributed by atoms with Gasteiger partial charge in [0.15, 0.2) is 0 Å². The molecule has 0 fully saturated rings. The number of para-hydroxylation sites is 1. The van der Waals surface area contributed by atoms with Gasteiger partial charge in [0.25, 0.3) is 0 Å². The van der Waals surface area contributed by atoms with Crippen molar-refractivity contribution in [2.45, 2.75) is 17.9 Å². The van der Waals surface area contributed by atoms with Crippen LogP contribution in [-0.4, -0.2) is 20.4 Å². The molecule has 0 spiro atoms. The van der Waals surface area contributed by atoms with Gasteiger partial charge in [0.1, 0.15) is 0 Å². The number of hydrogen-bond donors (Lipinski definition) is 2. The lowest BCUT2D eigenvalue weighted by molar-refractivity contribution is -0.117. The molecule has 1 atom stereocenters. The number of hydrogen-bond acceptors (Lipinski definition) is 3. The van der Waals surface area contributed by atoms with Gasteiger partial charge in [0.05, 0.1) is 16.6 Å². The van der Waals surface area contributed by atoms with Gasteiger partial charge < -0.3 is 5.32 Å². The minimum Gasteiger partial charge on any atom is -0.324 e. The molecule has 0 aromatic heterocycles. The van der Waals surface area contributed by atoms with Crippen LogP contribution in [0.4, 0.5) is 5.69 Å². The Labute approximate surface area is 137 Å². The molecule has 2 aromatic carbocycles. The number of carbonyl (C=O) groups is 1. The first-order valence-corrected chi connectivity index (χ1v) is 8.80. The van der Waals surface area contributed by atoms with E-state index in [0.717, 1.165) is 4.47 Å². The van der Waals surface area contributed by atoms with Crippen molar-refractivity contribution in [3.8, 4) is 0 Å². The summed E-state index contributed by atoms with van der Waals surface area (Å²) in [6.07, 6.45) is 0. The first-order valence-electron chi connectivity index (χ1n) is 6.53. The summed E-state index contributed by atoms with van der Waals surface area (Å²) in [5.41, 5.74) is 0.582. The molecular formula is C15H15BrN2O3S. The van der Waals surface area contributed by atoms with E-state index in [0.29, 0.717) is 5.69 Å². The molecular weight excluding hydrogens is 368 g/mol. The molecule has 1 amide bonds. The zero-order valence-corrected chi connectivity index (χ0v) is 14.2. The number of benzene rings is 2. The Morgan fingerprint density at radius 3 is 2.27 bits per heavy atom. The summed E-state index contributed by atoms with van der Waals surface area (Å²) >= 11 is 3.32. The van der Waals surface area contributed by atoms with Crippen molar-refractivity contribution in [2.75, 3.05) is 5.32 Å². The molecule has 0 unspecified atom stereocenters. The second kappa shape index (κ2) is 7.04. The van der Waals surface area contributed by atoms with Crippen LogP contribution in [0.25, 0.3) is 0 Å². The molecule has 5 nitrogen and oxygen atoms in total. The number of anilines is 1. The molecule has 0 bridgehead atoms. The molecule has 116 valence electrons. The van der Waals surface area contributed by atoms with Crippen LogP contribution in [0.3, 0.4) is 0 Å². The van der Waals surface area contributed by atoms with Gasteiger partial charge in [-0.2, -0.15) is 4.72 Å². The number of carbonyl (C=O) groups excluding carboxylic acids is 1. The van der Waals surface area contributed by atoms with Gasteiger partial charge in [-0.15, -0.1) is 0 Å². The highest BCUT2D eigenvalue weighted by Gasteiger charge is 2.22. The third-order valence-electron chi connectivity index (χ3n) is 2.91. The fraction of sp³-hybridized carbons (Fsp3) is 0.133. The minimum atomic E-state index is -3.73. The maximum Gasteiger partial charge on any atom is 0.242 e. The predicted octanol–water partition coefficient (Wildman–Crippen LogP) is 2.75. The van der Waals surface area contributed by atoms with Gasteiger partial charge in [0.2, 0.25) is 15.9 Å². The molecule has 0 aliphatic carbocycles. The van der Waals surface area contributed by atoms with Crippen molar-refractivity contribution in [3.05, 3.63) is 59.1 Å². The van der Waals surface area contributed by atoms with Crippen molar-refractivity contribution in [1.29, 1.82) is 0 Å². The molecule has 2 rings (SSSR count). The first kappa shape index (κ1) is 16.7. The smallest absolute Gasteiger partial charge is 0.242 e. The van der Waals surface area contributed by atoms with Crippen molar-refractivity contribution < 1.29 is 13.2 Å². The largest absolute Gasteiger partial charge is 0.324 e. The van der Waals surface area contributed by atoms with Crippen molar-refractivity contribution in [1.82, 2.24) is 4.72 Å². The van der Waals surface area contributed by atoms with Crippen molar-refractivity contribution in [2.24, 2.45) is 0 Å². The molecule has 7 heteroatoms. The lowest BCUT2D eigenvalue weighted by Gasteiger charge is -2.15. The fourth-order valence-corrected chi connectivity index (χ4v) is 3.37. The average Bonchev–Trinajstić information content (AvgIpc) is 2.50. The lowest BCUT2D eigenvalue weighted by Crippen LogP contribution is -2.41. The topological polar surface area (TPSA) is 75.3 Å². The predicted molar refractivity (Wildman–Crippen MR) is 89.0 cm³/mol. The van der Waals surface area contributed by atoms with E-state index in [2.05, 4.69) is 26.0 Å². The molecule has 0 aliphatic rings. The normalized spacial score (nSPS) is 12.6. The number of sulfonamides is 1. The summed E-state index contributed by atoms with van der Waals surface area (Å²) in [6.45, 7) is 1.49. The Balaban J connectivity index is 2.07. The number of amides is 1. The Morgan fingerprint density at radius 2 is 1.64 bits per heavy atom. The summed E-state index contributed by atoms with van der Waals surface area (Å²) in [5, 5.41) is 2.67. The van der Waals surface area contributed by atoms with Crippen LogP contribution in [0, 0.1) is 0 Å². The molecule has 0 radical (unpaired) electrons. The molecule has 0 heterocycles. The highest BCUT2D eigenvalue weighted by Crippen LogP contribution is 2.21. The van der Waals surface area contributed by atoms with Gasteiger partial charge in [-0.1, -0.05) is 30.3 Å². The molecule has 22 heavy (non-hydrogen) atoms. The zero-order valence-electron chi connectivity index (χ0n) is 11.8. The van der Waals surface area contributed by atoms with Crippen LogP contribution in [0.5, 0.6) is 0 Å². The Kier molecular flexibility index (Phi) is 5.33. The van der Waals surface area contributed by atoms with Crippen molar-refractivity contribution >= 4 is 37.5 Å². The summed E-state index contributed by atoms with van der Waals surface area (Å²) in [4.78, 5) is 12.2. The van der Waals surface area contributed by atoms with E-state index >= 15 is 0 Å². The van der Waals surface area contributed by atoms with E-state index in [1.807, 2.05) is 6.07 Å². The monoisotopic (exact) mass is 382 g/mol. The van der Waals surface area contributed by atoms with E-state index < -0.39 is 22.0 Å². The van der Waals surface area contributed by atoms with Gasteiger partial charge in [0, 0.05) is 4.47 Å². The second-order valence-corrected chi connectivity index (χ2v) is 7.19. The molecule has 0 saturated heterocycles. The number of halogens is 1. The van der Waals surface area contributed by atoms with Crippen LogP contribution in [0.1, 0.15) is 6.92 Å². The SMILES string of the molecule is C[C@H](NS(=O)(=O)c1ccccc1)C(=O)Nc1ccccc1Br. The zero-order chi connectivity index (χ0) is 16.2. The van der Waals surface area contributed by atoms with Crippen LogP contribution >= 0.6 is 15.9 Å². The van der Waals surface area contributed by atoms with Crippen LogP contribution in [0.15, 0.2) is 64.0 Å². The first-order chi connectivity index (χ1) is 10.4. The molecule has 2 N–H and O–H groups in total. The average molecular weight is 383 g/mol. The lowest BCUT2D eigenvalue weighted by atomic mass is 10.3. The Bertz CT molecular complexity index is 763. The minimum absolute atomic E-state index is 0.121. The standard InChI is InChI=1S/C15H15BrN2O3S/c1-11(15(19)17-14-10-6-5-9-13(14)16)18-22(20,21)12-7-3-2-4-8-12/h2-11,18H,1H3,(H,17,19)/t11-/m0/s1. The van der Waals surface area contributed by atoms with Crippen LogP contribution < -0.4 is 10.0 Å². The summed E-state index contributed by atoms with van der Waals surface area (Å²) in [5.74, 6) is -0.439. The quantitative estimate of drug-likeness (QED) is 0.834. The van der Waals surface area contributed by atoms with Gasteiger partial charge in [-0.05, 0) is 47.1 Å². The van der Waals surface area contributed by atoms with E-state index in [9.17, 15) is 13.2 Å². The third-order valence-corrected chi connectivity index (χ3v) is 5.16. The Morgan fingerprint density at radius 1 is 1.05 bits per heavy atom. The van der Waals surface area contributed by atoms with Crippen LogP contribution in [0.2, 0.25) is 0 Å². The van der Waals surface area contributed by atoms with Crippen LogP contribution in [-0.2, 0) is 14.8 Å². The van der Waals surface area contributed by atoms with Gasteiger partial charge in [-0.3, -0.25) is 4.79 Å². The molecule has 0 saturated carbocycles. The second-order valence-electron chi connectivity index (χ2n) is 4.63. The van der Waals surface area contributed by atoms with Gasteiger partial charge >= 0.3 is 0 Å².